The summed E-state index contributed by atoms with van der Waals surface area (Å²) in [7, 11) is 1.99. The maximum atomic E-state index is 12.4. The molecule has 0 aliphatic rings. The molecule has 2 heterocycles. The van der Waals surface area contributed by atoms with E-state index in [0.29, 0.717) is 24.3 Å². The quantitative estimate of drug-likeness (QED) is 0.748. The third-order valence-corrected chi connectivity index (χ3v) is 3.69. The van der Waals surface area contributed by atoms with Crippen molar-refractivity contribution >= 4 is 11.6 Å². The van der Waals surface area contributed by atoms with Gasteiger partial charge in [0.05, 0.1) is 24.6 Å². The fourth-order valence-corrected chi connectivity index (χ4v) is 2.59. The third-order valence-electron chi connectivity index (χ3n) is 3.69. The van der Waals surface area contributed by atoms with Gasteiger partial charge in [0.2, 0.25) is 0 Å². The highest BCUT2D eigenvalue weighted by molar-refractivity contribution is 6.04. The van der Waals surface area contributed by atoms with Crippen molar-refractivity contribution in [2.45, 2.75) is 20.0 Å². The molecule has 3 rings (SSSR count). The number of anilines is 1. The lowest BCUT2D eigenvalue weighted by atomic mass is 10.1. The molecule has 6 heteroatoms. The Hall–Kier alpha value is -2.99. The molecule has 0 bridgehead atoms. The van der Waals surface area contributed by atoms with Crippen molar-refractivity contribution in [1.82, 2.24) is 15.0 Å². The molecule has 3 aromatic rings. The monoisotopic (exact) mass is 336 g/mol. The van der Waals surface area contributed by atoms with Gasteiger partial charge in [-0.05, 0) is 43.3 Å². The first-order valence-electron chi connectivity index (χ1n) is 8.00. The second-order valence-electron chi connectivity index (χ2n) is 6.06. The van der Waals surface area contributed by atoms with Crippen LogP contribution in [0, 0.1) is 6.92 Å². The third kappa shape index (κ3) is 4.74. The summed E-state index contributed by atoms with van der Waals surface area (Å²) >= 11 is 0. The molecule has 0 atom stereocenters. The topological polar surface area (TPSA) is 71.3 Å². The van der Waals surface area contributed by atoms with E-state index >= 15 is 0 Å². The Kier molecular flexibility index (Phi) is 5.20. The van der Waals surface area contributed by atoms with Gasteiger partial charge in [0.25, 0.3) is 5.91 Å². The molecular formula is C19H20N4O2. The lowest BCUT2D eigenvalue weighted by Gasteiger charge is -2.15. The van der Waals surface area contributed by atoms with E-state index in [0.717, 1.165) is 16.9 Å². The molecule has 0 saturated heterocycles. The second-order valence-corrected chi connectivity index (χ2v) is 6.06. The van der Waals surface area contributed by atoms with Gasteiger partial charge >= 0.3 is 0 Å². The number of carbonyl (C=O) groups excluding carboxylic acids is 1. The molecule has 0 unspecified atom stereocenters. The van der Waals surface area contributed by atoms with Gasteiger partial charge in [0.1, 0.15) is 0 Å². The summed E-state index contributed by atoms with van der Waals surface area (Å²) < 4.78 is 5.12. The number of aromatic nitrogens is 2. The largest absolute Gasteiger partial charge is 0.360 e. The fraction of sp³-hybridized carbons (Fsp3) is 0.211. The zero-order chi connectivity index (χ0) is 17.6. The normalized spacial score (nSPS) is 10.8. The predicted molar refractivity (Wildman–Crippen MR) is 95.0 cm³/mol. The SMILES string of the molecule is Cc1cncc(NC(=O)c2cccc(CN(C)Cc3ccno3)c2)c1. The number of nitrogens with one attached hydrogen (secondary N) is 1. The van der Waals surface area contributed by atoms with Crippen LogP contribution in [0.4, 0.5) is 5.69 Å². The number of hydrogen-bond donors (Lipinski definition) is 1. The second kappa shape index (κ2) is 7.72. The Balaban J connectivity index is 1.65. The highest BCUT2D eigenvalue weighted by atomic mass is 16.5. The molecule has 0 aliphatic carbocycles. The van der Waals surface area contributed by atoms with Crippen LogP contribution in [0.15, 0.2) is 59.5 Å². The highest BCUT2D eigenvalue weighted by Crippen LogP contribution is 2.13. The first kappa shape index (κ1) is 16.9. The van der Waals surface area contributed by atoms with Gasteiger partial charge in [-0.15, -0.1) is 0 Å². The van der Waals surface area contributed by atoms with Gasteiger partial charge in [-0.2, -0.15) is 0 Å². The Morgan fingerprint density at radius 2 is 2.08 bits per heavy atom. The summed E-state index contributed by atoms with van der Waals surface area (Å²) in [6, 6.07) is 11.3. The number of amides is 1. The molecule has 25 heavy (non-hydrogen) atoms. The van der Waals surface area contributed by atoms with Crippen molar-refractivity contribution in [3.05, 3.63) is 77.4 Å². The maximum absolute atomic E-state index is 12.4. The zero-order valence-electron chi connectivity index (χ0n) is 14.3. The van der Waals surface area contributed by atoms with E-state index in [-0.39, 0.29) is 5.91 Å². The van der Waals surface area contributed by atoms with Crippen LogP contribution in [0.2, 0.25) is 0 Å². The van der Waals surface area contributed by atoms with E-state index in [9.17, 15) is 4.79 Å². The van der Waals surface area contributed by atoms with Gasteiger partial charge in [0, 0.05) is 24.4 Å². The van der Waals surface area contributed by atoms with Crippen LogP contribution in [-0.2, 0) is 13.1 Å². The van der Waals surface area contributed by atoms with Crippen LogP contribution in [0.25, 0.3) is 0 Å². The van der Waals surface area contributed by atoms with Crippen molar-refractivity contribution in [2.24, 2.45) is 0 Å². The van der Waals surface area contributed by atoms with Crippen molar-refractivity contribution in [3.8, 4) is 0 Å². The van der Waals surface area contributed by atoms with Crippen LogP contribution >= 0.6 is 0 Å². The zero-order valence-corrected chi connectivity index (χ0v) is 14.3. The minimum atomic E-state index is -0.146. The molecule has 0 spiro atoms. The smallest absolute Gasteiger partial charge is 0.255 e. The number of carbonyl (C=O) groups is 1. The molecular weight excluding hydrogens is 316 g/mol. The predicted octanol–water partition coefficient (Wildman–Crippen LogP) is 3.26. The van der Waals surface area contributed by atoms with Crippen molar-refractivity contribution in [1.29, 1.82) is 0 Å². The van der Waals surface area contributed by atoms with Crippen LogP contribution in [0.5, 0.6) is 0 Å². The van der Waals surface area contributed by atoms with Gasteiger partial charge in [-0.1, -0.05) is 17.3 Å². The van der Waals surface area contributed by atoms with Crippen molar-refractivity contribution in [2.75, 3.05) is 12.4 Å². The standard InChI is InChI=1S/C19H20N4O2/c1-14-8-17(11-20-10-14)22-19(24)16-5-3-4-15(9-16)12-23(2)13-18-6-7-21-25-18/h3-11H,12-13H2,1-2H3,(H,22,24). The van der Waals surface area contributed by atoms with Gasteiger partial charge in [-0.25, -0.2) is 0 Å². The summed E-state index contributed by atoms with van der Waals surface area (Å²) in [4.78, 5) is 18.6. The van der Waals surface area contributed by atoms with E-state index in [4.69, 9.17) is 4.52 Å². The van der Waals surface area contributed by atoms with E-state index < -0.39 is 0 Å². The maximum Gasteiger partial charge on any atom is 0.255 e. The molecule has 2 aromatic heterocycles. The first-order valence-corrected chi connectivity index (χ1v) is 8.00. The van der Waals surface area contributed by atoms with Gasteiger partial charge in [0.15, 0.2) is 5.76 Å². The molecule has 6 nitrogen and oxygen atoms in total. The lowest BCUT2D eigenvalue weighted by Crippen LogP contribution is -2.18. The Labute approximate surface area is 146 Å². The minimum absolute atomic E-state index is 0.146. The number of pyridine rings is 1. The molecule has 1 aromatic carbocycles. The molecule has 128 valence electrons. The number of rotatable bonds is 6. The van der Waals surface area contributed by atoms with Gasteiger partial charge in [-0.3, -0.25) is 14.7 Å². The fourth-order valence-electron chi connectivity index (χ4n) is 2.59. The van der Waals surface area contributed by atoms with Gasteiger partial charge < -0.3 is 9.84 Å². The average Bonchev–Trinajstić information content (AvgIpc) is 3.08. The number of aryl methyl sites for hydroxylation is 1. The van der Waals surface area contributed by atoms with E-state index in [1.54, 1.807) is 24.7 Å². The average molecular weight is 336 g/mol. The molecule has 1 amide bonds. The summed E-state index contributed by atoms with van der Waals surface area (Å²) in [6.07, 6.45) is 5.02. The Morgan fingerprint density at radius 3 is 2.84 bits per heavy atom. The number of nitrogens with zero attached hydrogens (tertiary/aromatic N) is 3. The molecule has 0 saturated carbocycles. The molecule has 0 fully saturated rings. The van der Waals surface area contributed by atoms with Crippen molar-refractivity contribution in [3.63, 3.8) is 0 Å². The Bertz CT molecular complexity index is 846. The van der Waals surface area contributed by atoms with Crippen LogP contribution in [0.1, 0.15) is 27.2 Å². The van der Waals surface area contributed by atoms with Crippen LogP contribution < -0.4 is 5.32 Å². The summed E-state index contributed by atoms with van der Waals surface area (Å²) in [5.74, 6) is 0.662. The van der Waals surface area contributed by atoms with E-state index in [2.05, 4.69) is 20.4 Å². The van der Waals surface area contributed by atoms with Crippen LogP contribution in [0.3, 0.4) is 0 Å². The number of hydrogen-bond acceptors (Lipinski definition) is 5. The molecule has 1 N–H and O–H groups in total. The Morgan fingerprint density at radius 1 is 1.20 bits per heavy atom. The summed E-state index contributed by atoms with van der Waals surface area (Å²) in [5, 5.41) is 6.58. The summed E-state index contributed by atoms with van der Waals surface area (Å²) in [6.45, 7) is 3.30. The number of benzene rings is 1. The molecule has 0 radical (unpaired) electrons. The van der Waals surface area contributed by atoms with E-state index in [1.807, 2.05) is 44.3 Å². The van der Waals surface area contributed by atoms with Crippen molar-refractivity contribution < 1.29 is 9.32 Å². The minimum Gasteiger partial charge on any atom is -0.360 e. The first-order chi connectivity index (χ1) is 12.1. The molecule has 0 aliphatic heterocycles. The van der Waals surface area contributed by atoms with Crippen LogP contribution in [-0.4, -0.2) is 28.0 Å². The highest BCUT2D eigenvalue weighted by Gasteiger charge is 2.09. The lowest BCUT2D eigenvalue weighted by molar-refractivity contribution is 0.102. The van der Waals surface area contributed by atoms with E-state index in [1.165, 1.54) is 0 Å². The summed E-state index contributed by atoms with van der Waals surface area (Å²) in [5.41, 5.74) is 3.36.